The van der Waals surface area contributed by atoms with Gasteiger partial charge in [0.15, 0.2) is 0 Å². The number of nitrogens with zero attached hydrogens (tertiary/aromatic N) is 1. The van der Waals surface area contributed by atoms with Gasteiger partial charge in [0.2, 0.25) is 0 Å². The lowest BCUT2D eigenvalue weighted by Gasteiger charge is -2.45. The van der Waals surface area contributed by atoms with E-state index in [1.807, 2.05) is 12.1 Å². The SMILES string of the molecule is C[C@H]1CN(C2CCNCC2)[C@@H](Cc2ccc(Cl)cc2)CO1.Cl.Cl. The minimum Gasteiger partial charge on any atom is -0.376 e. The molecule has 0 radical (unpaired) electrons. The van der Waals surface area contributed by atoms with Crippen LogP contribution in [0, 0.1) is 0 Å². The van der Waals surface area contributed by atoms with Crippen LogP contribution in [0.3, 0.4) is 0 Å². The van der Waals surface area contributed by atoms with Crippen molar-refractivity contribution in [2.45, 2.75) is 44.4 Å². The molecular formula is C17H27Cl3N2O. The van der Waals surface area contributed by atoms with Crippen LogP contribution in [-0.4, -0.2) is 49.3 Å². The van der Waals surface area contributed by atoms with Crippen LogP contribution in [0.5, 0.6) is 0 Å². The van der Waals surface area contributed by atoms with Gasteiger partial charge in [0.1, 0.15) is 0 Å². The predicted octanol–water partition coefficient (Wildman–Crippen LogP) is 3.57. The Bertz CT molecular complexity index is 452. The first-order chi connectivity index (χ1) is 10.2. The Morgan fingerprint density at radius 3 is 2.48 bits per heavy atom. The zero-order chi connectivity index (χ0) is 14.7. The fourth-order valence-electron chi connectivity index (χ4n) is 3.52. The second-order valence-corrected chi connectivity index (χ2v) is 6.74. The van der Waals surface area contributed by atoms with Crippen LogP contribution < -0.4 is 5.32 Å². The van der Waals surface area contributed by atoms with Crippen molar-refractivity contribution in [3.8, 4) is 0 Å². The highest BCUT2D eigenvalue weighted by Gasteiger charge is 2.32. The van der Waals surface area contributed by atoms with Crippen LogP contribution in [0.15, 0.2) is 24.3 Å². The summed E-state index contributed by atoms with van der Waals surface area (Å²) in [6.45, 7) is 6.37. The molecule has 0 saturated carbocycles. The van der Waals surface area contributed by atoms with Crippen molar-refractivity contribution in [3.63, 3.8) is 0 Å². The molecule has 0 amide bonds. The molecular weight excluding hydrogens is 355 g/mol. The molecule has 2 aliphatic rings. The molecule has 0 aromatic heterocycles. The molecule has 3 nitrogen and oxygen atoms in total. The van der Waals surface area contributed by atoms with Gasteiger partial charge in [0, 0.05) is 23.7 Å². The number of halogens is 3. The Balaban J connectivity index is 0.00000132. The number of morpholine rings is 1. The maximum absolute atomic E-state index is 5.98. The molecule has 2 fully saturated rings. The summed E-state index contributed by atoms with van der Waals surface area (Å²) in [7, 11) is 0. The van der Waals surface area contributed by atoms with Crippen molar-refractivity contribution in [1.29, 1.82) is 0 Å². The second kappa shape index (κ2) is 10.1. The molecule has 1 aromatic carbocycles. The van der Waals surface area contributed by atoms with E-state index in [1.165, 1.54) is 18.4 Å². The summed E-state index contributed by atoms with van der Waals surface area (Å²) in [6.07, 6.45) is 3.91. The summed E-state index contributed by atoms with van der Waals surface area (Å²) in [5.74, 6) is 0. The Labute approximate surface area is 156 Å². The van der Waals surface area contributed by atoms with Crippen LogP contribution in [0.25, 0.3) is 0 Å². The molecule has 132 valence electrons. The average Bonchev–Trinajstić information content (AvgIpc) is 2.52. The standard InChI is InChI=1S/C17H25ClN2O.2ClH/c1-13-11-20(16-6-8-19-9-7-16)17(12-21-13)10-14-2-4-15(18)5-3-14;;/h2-5,13,16-17,19H,6-12H2,1H3;2*1H/t13-,17-;;/m0../s1. The number of hydrogen-bond donors (Lipinski definition) is 1. The van der Waals surface area contributed by atoms with Crippen molar-refractivity contribution < 1.29 is 4.74 Å². The highest BCUT2D eigenvalue weighted by molar-refractivity contribution is 6.30. The number of rotatable bonds is 3. The minimum atomic E-state index is 0. The summed E-state index contributed by atoms with van der Waals surface area (Å²) in [5, 5.41) is 4.27. The number of hydrogen-bond acceptors (Lipinski definition) is 3. The van der Waals surface area contributed by atoms with Crippen LogP contribution in [0.2, 0.25) is 5.02 Å². The molecule has 6 heteroatoms. The molecule has 2 saturated heterocycles. The first-order valence-electron chi connectivity index (χ1n) is 8.05. The molecule has 2 atom stereocenters. The third-order valence-corrected chi connectivity index (χ3v) is 4.92. The van der Waals surface area contributed by atoms with E-state index in [1.54, 1.807) is 0 Å². The molecule has 0 aliphatic carbocycles. The lowest BCUT2D eigenvalue weighted by atomic mass is 9.97. The van der Waals surface area contributed by atoms with E-state index >= 15 is 0 Å². The Kier molecular flexibility index (Phi) is 9.20. The zero-order valence-corrected chi connectivity index (χ0v) is 15.9. The second-order valence-electron chi connectivity index (χ2n) is 6.31. The van der Waals surface area contributed by atoms with Crippen LogP contribution in [0.1, 0.15) is 25.3 Å². The van der Waals surface area contributed by atoms with Gasteiger partial charge in [-0.25, -0.2) is 0 Å². The number of ether oxygens (including phenoxy) is 1. The van der Waals surface area contributed by atoms with E-state index in [-0.39, 0.29) is 24.8 Å². The van der Waals surface area contributed by atoms with Crippen LogP contribution in [-0.2, 0) is 11.2 Å². The summed E-state index contributed by atoms with van der Waals surface area (Å²) >= 11 is 5.98. The van der Waals surface area contributed by atoms with Crippen molar-refractivity contribution in [2.75, 3.05) is 26.2 Å². The maximum atomic E-state index is 5.98. The van der Waals surface area contributed by atoms with Crippen molar-refractivity contribution in [2.24, 2.45) is 0 Å². The van der Waals surface area contributed by atoms with Gasteiger partial charge in [-0.2, -0.15) is 0 Å². The highest BCUT2D eigenvalue weighted by Crippen LogP contribution is 2.23. The molecule has 0 bridgehead atoms. The van der Waals surface area contributed by atoms with E-state index in [4.69, 9.17) is 16.3 Å². The van der Waals surface area contributed by atoms with E-state index in [2.05, 4.69) is 29.3 Å². The minimum absolute atomic E-state index is 0. The van der Waals surface area contributed by atoms with Gasteiger partial charge in [-0.1, -0.05) is 23.7 Å². The molecule has 1 aromatic rings. The summed E-state index contributed by atoms with van der Waals surface area (Å²) < 4.78 is 5.92. The Hall–Kier alpha value is -0.0300. The first-order valence-corrected chi connectivity index (χ1v) is 8.42. The van der Waals surface area contributed by atoms with Gasteiger partial charge in [-0.3, -0.25) is 4.90 Å². The number of nitrogens with one attached hydrogen (secondary N) is 1. The van der Waals surface area contributed by atoms with Gasteiger partial charge in [0.05, 0.1) is 12.7 Å². The van der Waals surface area contributed by atoms with Gasteiger partial charge in [0.25, 0.3) is 0 Å². The monoisotopic (exact) mass is 380 g/mol. The largest absolute Gasteiger partial charge is 0.376 e. The molecule has 23 heavy (non-hydrogen) atoms. The lowest BCUT2D eigenvalue weighted by Crippen LogP contribution is -2.56. The third kappa shape index (κ3) is 5.77. The fraction of sp³-hybridized carbons (Fsp3) is 0.647. The van der Waals surface area contributed by atoms with E-state index in [9.17, 15) is 0 Å². The number of benzene rings is 1. The van der Waals surface area contributed by atoms with Gasteiger partial charge >= 0.3 is 0 Å². The van der Waals surface area contributed by atoms with E-state index in [0.717, 1.165) is 37.7 Å². The molecule has 2 aliphatic heterocycles. The normalized spacial score (nSPS) is 26.2. The molecule has 2 heterocycles. The van der Waals surface area contributed by atoms with Crippen molar-refractivity contribution >= 4 is 36.4 Å². The van der Waals surface area contributed by atoms with Crippen LogP contribution >= 0.6 is 36.4 Å². The number of piperidine rings is 1. The van der Waals surface area contributed by atoms with Gasteiger partial charge < -0.3 is 10.1 Å². The summed E-state index contributed by atoms with van der Waals surface area (Å²) in [4.78, 5) is 2.70. The molecule has 3 rings (SSSR count). The highest BCUT2D eigenvalue weighted by atomic mass is 35.5. The third-order valence-electron chi connectivity index (χ3n) is 4.67. The topological polar surface area (TPSA) is 24.5 Å². The quantitative estimate of drug-likeness (QED) is 0.866. The van der Waals surface area contributed by atoms with E-state index in [0.29, 0.717) is 18.2 Å². The molecule has 0 spiro atoms. The summed E-state index contributed by atoms with van der Waals surface area (Å²) in [6, 6.07) is 9.44. The van der Waals surface area contributed by atoms with Crippen molar-refractivity contribution in [3.05, 3.63) is 34.9 Å². The lowest BCUT2D eigenvalue weighted by molar-refractivity contribution is -0.0752. The Morgan fingerprint density at radius 1 is 1.17 bits per heavy atom. The Morgan fingerprint density at radius 2 is 1.83 bits per heavy atom. The zero-order valence-electron chi connectivity index (χ0n) is 13.5. The van der Waals surface area contributed by atoms with E-state index < -0.39 is 0 Å². The van der Waals surface area contributed by atoms with Gasteiger partial charge in [-0.05, 0) is 57.0 Å². The molecule has 1 N–H and O–H groups in total. The van der Waals surface area contributed by atoms with Crippen molar-refractivity contribution in [1.82, 2.24) is 10.2 Å². The van der Waals surface area contributed by atoms with Gasteiger partial charge in [-0.15, -0.1) is 24.8 Å². The molecule has 0 unspecified atom stereocenters. The maximum Gasteiger partial charge on any atom is 0.0674 e. The summed E-state index contributed by atoms with van der Waals surface area (Å²) in [5.41, 5.74) is 1.35. The predicted molar refractivity (Wildman–Crippen MR) is 101 cm³/mol. The van der Waals surface area contributed by atoms with Crippen LogP contribution in [0.4, 0.5) is 0 Å². The smallest absolute Gasteiger partial charge is 0.0674 e. The first kappa shape index (κ1) is 21.0. The average molecular weight is 382 g/mol. The fourth-order valence-corrected chi connectivity index (χ4v) is 3.65.